The lowest BCUT2D eigenvalue weighted by atomic mass is 10.1. The average molecular weight is 274 g/mol. The second kappa shape index (κ2) is 5.71. The largest absolute Gasteiger partial charge is 0.382 e. The molecule has 2 aliphatic heterocycles. The van der Waals surface area contributed by atoms with Gasteiger partial charge < -0.3 is 20.9 Å². The zero-order chi connectivity index (χ0) is 13.9. The van der Waals surface area contributed by atoms with E-state index < -0.39 is 0 Å². The number of carbonyl (C=O) groups is 1. The molecule has 0 radical (unpaired) electrons. The molecule has 3 rings (SSSR count). The van der Waals surface area contributed by atoms with E-state index in [-0.39, 0.29) is 5.91 Å². The number of hydrogen-bond acceptors (Lipinski definition) is 4. The van der Waals surface area contributed by atoms with E-state index in [2.05, 4.69) is 27.9 Å². The maximum atomic E-state index is 12.4. The molecule has 2 aliphatic rings. The van der Waals surface area contributed by atoms with Crippen molar-refractivity contribution in [2.24, 2.45) is 0 Å². The van der Waals surface area contributed by atoms with Crippen LogP contribution < -0.4 is 16.0 Å². The summed E-state index contributed by atoms with van der Waals surface area (Å²) in [7, 11) is 2.12. The first-order valence-electron chi connectivity index (χ1n) is 7.35. The van der Waals surface area contributed by atoms with Crippen LogP contribution in [0, 0.1) is 0 Å². The van der Waals surface area contributed by atoms with E-state index in [1.165, 1.54) is 12.8 Å². The number of nitrogens with zero attached hydrogens (tertiary/aromatic N) is 1. The number of rotatable bonds is 3. The van der Waals surface area contributed by atoms with Crippen LogP contribution in [0.2, 0.25) is 0 Å². The molecule has 0 aliphatic carbocycles. The van der Waals surface area contributed by atoms with Crippen LogP contribution >= 0.6 is 0 Å². The quantitative estimate of drug-likeness (QED) is 0.779. The molecule has 1 atom stereocenters. The van der Waals surface area contributed by atoms with Gasteiger partial charge in [-0.05, 0) is 38.6 Å². The fraction of sp³-hybridized carbons (Fsp3) is 0.533. The molecule has 2 heterocycles. The Morgan fingerprint density at radius 2 is 2.25 bits per heavy atom. The Labute approximate surface area is 119 Å². The smallest absolute Gasteiger partial charge is 0.253 e. The van der Waals surface area contributed by atoms with Gasteiger partial charge in [0.25, 0.3) is 5.91 Å². The number of benzene rings is 1. The number of likely N-dealkylation sites (N-methyl/N-ethyl adjacent to an activating group) is 1. The van der Waals surface area contributed by atoms with Crippen LogP contribution in [0.5, 0.6) is 0 Å². The molecule has 5 nitrogen and oxygen atoms in total. The first-order chi connectivity index (χ1) is 9.75. The Hall–Kier alpha value is -1.75. The molecule has 1 saturated heterocycles. The predicted molar refractivity (Wildman–Crippen MR) is 81.4 cm³/mol. The Morgan fingerprint density at radius 1 is 1.40 bits per heavy atom. The fourth-order valence-corrected chi connectivity index (χ4v) is 3.01. The summed E-state index contributed by atoms with van der Waals surface area (Å²) in [5.41, 5.74) is 2.67. The number of amides is 1. The minimum absolute atomic E-state index is 0.0124. The zero-order valence-electron chi connectivity index (χ0n) is 11.9. The van der Waals surface area contributed by atoms with E-state index in [4.69, 9.17) is 0 Å². The Kier molecular flexibility index (Phi) is 3.78. The molecule has 0 aromatic heterocycles. The third kappa shape index (κ3) is 2.58. The van der Waals surface area contributed by atoms with Crippen LogP contribution in [0.3, 0.4) is 0 Å². The van der Waals surface area contributed by atoms with Gasteiger partial charge in [0, 0.05) is 25.7 Å². The van der Waals surface area contributed by atoms with Crippen molar-refractivity contribution in [3.63, 3.8) is 0 Å². The fourth-order valence-electron chi connectivity index (χ4n) is 3.01. The SMILES string of the molecule is CN1CCCC1CNC(=O)c1cccc2c1NCCN2. The topological polar surface area (TPSA) is 56.4 Å². The Morgan fingerprint density at radius 3 is 3.05 bits per heavy atom. The Balaban J connectivity index is 1.68. The summed E-state index contributed by atoms with van der Waals surface area (Å²) in [6.45, 7) is 3.60. The molecule has 3 N–H and O–H groups in total. The van der Waals surface area contributed by atoms with Crippen LogP contribution in [0.4, 0.5) is 11.4 Å². The molecule has 1 aromatic carbocycles. The molecular weight excluding hydrogens is 252 g/mol. The van der Waals surface area contributed by atoms with Crippen LogP contribution in [0.1, 0.15) is 23.2 Å². The summed E-state index contributed by atoms with van der Waals surface area (Å²) in [6, 6.07) is 6.29. The molecular formula is C15H22N4O. The Bertz CT molecular complexity index is 503. The summed E-state index contributed by atoms with van der Waals surface area (Å²) in [4.78, 5) is 14.7. The van der Waals surface area contributed by atoms with Crippen LogP contribution in [0.25, 0.3) is 0 Å². The van der Waals surface area contributed by atoms with E-state index in [1.54, 1.807) is 0 Å². The number of likely N-dealkylation sites (tertiary alicyclic amines) is 1. The highest BCUT2D eigenvalue weighted by Crippen LogP contribution is 2.28. The third-order valence-corrected chi connectivity index (χ3v) is 4.22. The summed E-state index contributed by atoms with van der Waals surface area (Å²) >= 11 is 0. The summed E-state index contributed by atoms with van der Waals surface area (Å²) in [5.74, 6) is 0.0124. The van der Waals surface area contributed by atoms with Gasteiger partial charge in [-0.1, -0.05) is 6.07 Å². The number of fused-ring (bicyclic) bond motifs is 1. The summed E-state index contributed by atoms with van der Waals surface area (Å²) < 4.78 is 0. The van der Waals surface area contributed by atoms with Gasteiger partial charge in [0.05, 0.1) is 16.9 Å². The highest BCUT2D eigenvalue weighted by molar-refractivity contribution is 6.02. The summed E-state index contributed by atoms with van der Waals surface area (Å²) in [5, 5.41) is 9.70. The second-order valence-electron chi connectivity index (χ2n) is 5.57. The average Bonchev–Trinajstić information content (AvgIpc) is 2.89. The number of nitrogens with one attached hydrogen (secondary N) is 3. The van der Waals surface area contributed by atoms with Gasteiger partial charge >= 0.3 is 0 Å². The predicted octanol–water partition coefficient (Wildman–Crippen LogP) is 1.35. The number of para-hydroxylation sites is 1. The van der Waals surface area contributed by atoms with Crippen LogP contribution in [-0.2, 0) is 0 Å². The first-order valence-corrected chi connectivity index (χ1v) is 7.35. The van der Waals surface area contributed by atoms with Gasteiger partial charge in [0.15, 0.2) is 0 Å². The first kappa shape index (κ1) is 13.2. The molecule has 1 unspecified atom stereocenters. The summed E-state index contributed by atoms with van der Waals surface area (Å²) in [6.07, 6.45) is 2.40. The molecule has 5 heteroatoms. The molecule has 0 bridgehead atoms. The van der Waals surface area contributed by atoms with Crippen molar-refractivity contribution < 1.29 is 4.79 Å². The lowest BCUT2D eigenvalue weighted by Gasteiger charge is -2.23. The van der Waals surface area contributed by atoms with Crippen molar-refractivity contribution in [1.82, 2.24) is 10.2 Å². The lowest BCUT2D eigenvalue weighted by molar-refractivity contribution is 0.0944. The van der Waals surface area contributed by atoms with Gasteiger partial charge in [-0.25, -0.2) is 0 Å². The molecule has 0 spiro atoms. The van der Waals surface area contributed by atoms with Crippen molar-refractivity contribution in [2.75, 3.05) is 43.9 Å². The van der Waals surface area contributed by atoms with E-state index in [0.717, 1.165) is 43.1 Å². The minimum Gasteiger partial charge on any atom is -0.382 e. The number of carbonyl (C=O) groups excluding carboxylic acids is 1. The van der Waals surface area contributed by atoms with Crippen molar-refractivity contribution in [3.05, 3.63) is 23.8 Å². The number of anilines is 2. The molecule has 1 fully saturated rings. The lowest BCUT2D eigenvalue weighted by Crippen LogP contribution is -2.38. The van der Waals surface area contributed by atoms with Crippen molar-refractivity contribution >= 4 is 17.3 Å². The van der Waals surface area contributed by atoms with Gasteiger partial charge in [0.2, 0.25) is 0 Å². The molecule has 108 valence electrons. The van der Waals surface area contributed by atoms with Crippen molar-refractivity contribution in [1.29, 1.82) is 0 Å². The second-order valence-corrected chi connectivity index (χ2v) is 5.57. The third-order valence-electron chi connectivity index (χ3n) is 4.22. The standard InChI is InChI=1S/C15H22N4O/c1-19-9-3-4-11(19)10-18-15(20)12-5-2-6-13-14(12)17-8-7-16-13/h2,5-6,11,16-17H,3-4,7-10H2,1H3,(H,18,20). The maximum Gasteiger partial charge on any atom is 0.253 e. The van der Waals surface area contributed by atoms with Crippen molar-refractivity contribution in [2.45, 2.75) is 18.9 Å². The van der Waals surface area contributed by atoms with E-state index in [9.17, 15) is 4.79 Å². The monoisotopic (exact) mass is 274 g/mol. The van der Waals surface area contributed by atoms with Gasteiger partial charge in [-0.15, -0.1) is 0 Å². The molecule has 1 amide bonds. The van der Waals surface area contributed by atoms with Gasteiger partial charge in [0.1, 0.15) is 0 Å². The normalized spacial score (nSPS) is 21.8. The zero-order valence-corrected chi connectivity index (χ0v) is 11.9. The minimum atomic E-state index is 0.0124. The maximum absolute atomic E-state index is 12.4. The highest BCUT2D eigenvalue weighted by Gasteiger charge is 2.22. The van der Waals surface area contributed by atoms with E-state index >= 15 is 0 Å². The van der Waals surface area contributed by atoms with Crippen molar-refractivity contribution in [3.8, 4) is 0 Å². The van der Waals surface area contributed by atoms with Crippen LogP contribution in [0.15, 0.2) is 18.2 Å². The number of hydrogen-bond donors (Lipinski definition) is 3. The van der Waals surface area contributed by atoms with Crippen LogP contribution in [-0.4, -0.2) is 50.1 Å². The van der Waals surface area contributed by atoms with Gasteiger partial charge in [-0.2, -0.15) is 0 Å². The highest BCUT2D eigenvalue weighted by atomic mass is 16.1. The molecule has 0 saturated carbocycles. The molecule has 20 heavy (non-hydrogen) atoms. The van der Waals surface area contributed by atoms with Gasteiger partial charge in [-0.3, -0.25) is 4.79 Å². The van der Waals surface area contributed by atoms with E-state index in [0.29, 0.717) is 6.04 Å². The van der Waals surface area contributed by atoms with E-state index in [1.807, 2.05) is 18.2 Å². The molecule has 1 aromatic rings.